The van der Waals surface area contributed by atoms with Gasteiger partial charge in [0.25, 0.3) is 0 Å². The van der Waals surface area contributed by atoms with E-state index in [1.807, 2.05) is 0 Å². The highest BCUT2D eigenvalue weighted by molar-refractivity contribution is 5.66. The highest BCUT2D eigenvalue weighted by Gasteiger charge is 2.13. The first kappa shape index (κ1) is 12.6. The van der Waals surface area contributed by atoms with E-state index in [1.54, 1.807) is 4.68 Å². The quantitative estimate of drug-likeness (QED) is 0.760. The van der Waals surface area contributed by atoms with Gasteiger partial charge in [-0.3, -0.25) is 4.79 Å². The maximum absolute atomic E-state index is 10.4. The monoisotopic (exact) mass is 226 g/mol. The number of carbonyl (C=O) groups is 1. The van der Waals surface area contributed by atoms with Crippen LogP contribution < -0.4 is 0 Å². The van der Waals surface area contributed by atoms with Gasteiger partial charge in [0.05, 0.1) is 0 Å². The van der Waals surface area contributed by atoms with Crippen LogP contribution in [0.5, 0.6) is 0 Å². The molecule has 1 heterocycles. The molecule has 0 radical (unpaired) electrons. The van der Waals surface area contributed by atoms with Crippen molar-refractivity contribution < 1.29 is 9.90 Å². The molecule has 1 aromatic rings. The summed E-state index contributed by atoms with van der Waals surface area (Å²) >= 11 is 0. The molecule has 1 aromatic heterocycles. The van der Waals surface area contributed by atoms with Crippen molar-refractivity contribution in [2.45, 2.75) is 52.0 Å². The Bertz CT molecular complexity index is 337. The molecular weight excluding hydrogens is 208 g/mol. The summed E-state index contributed by atoms with van der Waals surface area (Å²) in [5.74, 6) is 0.397. The molecule has 6 nitrogen and oxygen atoms in total. The maximum atomic E-state index is 10.4. The fourth-order valence-electron chi connectivity index (χ4n) is 1.67. The van der Waals surface area contributed by atoms with Crippen LogP contribution in [0.2, 0.25) is 0 Å². The lowest BCUT2D eigenvalue weighted by molar-refractivity contribution is -0.137. The summed E-state index contributed by atoms with van der Waals surface area (Å²) in [6, 6.07) is 0. The van der Waals surface area contributed by atoms with E-state index in [1.165, 1.54) is 0 Å². The summed E-state index contributed by atoms with van der Waals surface area (Å²) in [4.78, 5) is 10.4. The second-order valence-electron chi connectivity index (χ2n) is 3.95. The van der Waals surface area contributed by atoms with E-state index in [2.05, 4.69) is 29.4 Å². The molecule has 0 saturated carbocycles. The summed E-state index contributed by atoms with van der Waals surface area (Å²) in [5.41, 5.74) is 0. The van der Waals surface area contributed by atoms with Crippen LogP contribution in [0.15, 0.2) is 0 Å². The number of tetrazole rings is 1. The van der Waals surface area contributed by atoms with Gasteiger partial charge in [0, 0.05) is 18.9 Å². The Balaban J connectivity index is 2.53. The summed E-state index contributed by atoms with van der Waals surface area (Å²) in [6.45, 7) is 4.78. The predicted molar refractivity (Wildman–Crippen MR) is 58.0 cm³/mol. The van der Waals surface area contributed by atoms with Gasteiger partial charge in [-0.1, -0.05) is 20.3 Å². The van der Waals surface area contributed by atoms with Crippen molar-refractivity contribution in [3.8, 4) is 0 Å². The molecular formula is C10H18N4O2. The van der Waals surface area contributed by atoms with Crippen molar-refractivity contribution in [3.05, 3.63) is 5.82 Å². The summed E-state index contributed by atoms with van der Waals surface area (Å²) in [5, 5.41) is 20.0. The third kappa shape index (κ3) is 3.60. The SMILES string of the molecule is CCCC(C)c1nnnn1CCCC(=O)O. The molecule has 16 heavy (non-hydrogen) atoms. The Kier molecular flexibility index (Phi) is 4.88. The normalized spacial score (nSPS) is 12.6. The molecule has 1 unspecified atom stereocenters. The fraction of sp³-hybridized carbons (Fsp3) is 0.800. The number of nitrogens with zero attached hydrogens (tertiary/aromatic N) is 4. The van der Waals surface area contributed by atoms with Crippen LogP contribution in [-0.4, -0.2) is 31.3 Å². The molecule has 0 amide bonds. The van der Waals surface area contributed by atoms with E-state index >= 15 is 0 Å². The molecule has 6 heteroatoms. The molecule has 0 aliphatic heterocycles. The van der Waals surface area contributed by atoms with Crippen LogP contribution in [-0.2, 0) is 11.3 Å². The number of aromatic nitrogens is 4. The van der Waals surface area contributed by atoms with E-state index < -0.39 is 5.97 Å². The molecule has 1 rings (SSSR count). The third-order valence-corrected chi connectivity index (χ3v) is 2.48. The maximum Gasteiger partial charge on any atom is 0.303 e. The zero-order chi connectivity index (χ0) is 12.0. The summed E-state index contributed by atoms with van der Waals surface area (Å²) < 4.78 is 1.71. The number of aryl methyl sites for hydroxylation is 1. The van der Waals surface area contributed by atoms with Crippen molar-refractivity contribution in [1.82, 2.24) is 20.2 Å². The highest BCUT2D eigenvalue weighted by Crippen LogP contribution is 2.17. The Morgan fingerprint density at radius 3 is 2.94 bits per heavy atom. The average molecular weight is 226 g/mol. The largest absolute Gasteiger partial charge is 0.481 e. The van der Waals surface area contributed by atoms with Crippen LogP contribution >= 0.6 is 0 Å². The van der Waals surface area contributed by atoms with Gasteiger partial charge in [-0.05, 0) is 23.3 Å². The van der Waals surface area contributed by atoms with Crippen molar-refractivity contribution in [3.63, 3.8) is 0 Å². The highest BCUT2D eigenvalue weighted by atomic mass is 16.4. The van der Waals surface area contributed by atoms with E-state index in [0.717, 1.165) is 18.7 Å². The molecule has 1 N–H and O–H groups in total. The van der Waals surface area contributed by atoms with Gasteiger partial charge >= 0.3 is 5.97 Å². The number of hydrogen-bond donors (Lipinski definition) is 1. The fourth-order valence-corrected chi connectivity index (χ4v) is 1.67. The van der Waals surface area contributed by atoms with E-state index in [-0.39, 0.29) is 6.42 Å². The molecule has 0 aromatic carbocycles. The Hall–Kier alpha value is -1.46. The molecule has 0 saturated heterocycles. The molecule has 0 fully saturated rings. The van der Waals surface area contributed by atoms with Crippen molar-refractivity contribution in [2.24, 2.45) is 0 Å². The van der Waals surface area contributed by atoms with Crippen LogP contribution in [0, 0.1) is 0 Å². The van der Waals surface area contributed by atoms with Gasteiger partial charge in [0.1, 0.15) is 0 Å². The number of carboxylic acid groups (broad SMARTS) is 1. The van der Waals surface area contributed by atoms with E-state index in [4.69, 9.17) is 5.11 Å². The van der Waals surface area contributed by atoms with Crippen molar-refractivity contribution >= 4 is 5.97 Å². The topological polar surface area (TPSA) is 80.9 Å². The molecule has 0 aliphatic carbocycles. The third-order valence-electron chi connectivity index (χ3n) is 2.48. The van der Waals surface area contributed by atoms with Gasteiger partial charge in [0.2, 0.25) is 0 Å². The molecule has 0 spiro atoms. The Labute approximate surface area is 94.7 Å². The molecule has 0 bridgehead atoms. The zero-order valence-electron chi connectivity index (χ0n) is 9.76. The average Bonchev–Trinajstić information content (AvgIpc) is 2.66. The second-order valence-corrected chi connectivity index (χ2v) is 3.95. The number of carboxylic acids is 1. The summed E-state index contributed by atoms with van der Waals surface area (Å²) in [6.07, 6.45) is 2.84. The molecule has 1 atom stereocenters. The predicted octanol–water partition coefficient (Wildman–Crippen LogP) is 1.44. The minimum Gasteiger partial charge on any atom is -0.481 e. The van der Waals surface area contributed by atoms with Gasteiger partial charge in [-0.15, -0.1) is 5.10 Å². The van der Waals surface area contributed by atoms with Crippen LogP contribution in [0.3, 0.4) is 0 Å². The van der Waals surface area contributed by atoms with Crippen molar-refractivity contribution in [1.29, 1.82) is 0 Å². The zero-order valence-corrected chi connectivity index (χ0v) is 9.76. The lowest BCUT2D eigenvalue weighted by Crippen LogP contribution is -2.10. The van der Waals surface area contributed by atoms with Gasteiger partial charge in [-0.2, -0.15) is 0 Å². The lowest BCUT2D eigenvalue weighted by Gasteiger charge is -2.09. The number of hydrogen-bond acceptors (Lipinski definition) is 4. The van der Waals surface area contributed by atoms with Crippen molar-refractivity contribution in [2.75, 3.05) is 0 Å². The van der Waals surface area contributed by atoms with Crippen LogP contribution in [0.1, 0.15) is 51.3 Å². The van der Waals surface area contributed by atoms with Gasteiger partial charge in [-0.25, -0.2) is 4.68 Å². The van der Waals surface area contributed by atoms with E-state index in [9.17, 15) is 4.79 Å². The molecule has 90 valence electrons. The first-order valence-electron chi connectivity index (χ1n) is 5.63. The smallest absolute Gasteiger partial charge is 0.303 e. The van der Waals surface area contributed by atoms with Crippen LogP contribution in [0.25, 0.3) is 0 Å². The Morgan fingerprint density at radius 1 is 1.56 bits per heavy atom. The van der Waals surface area contributed by atoms with E-state index in [0.29, 0.717) is 18.9 Å². The van der Waals surface area contributed by atoms with Gasteiger partial charge < -0.3 is 5.11 Å². The van der Waals surface area contributed by atoms with Gasteiger partial charge in [0.15, 0.2) is 5.82 Å². The first-order chi connectivity index (χ1) is 7.65. The first-order valence-corrected chi connectivity index (χ1v) is 5.63. The number of rotatable bonds is 7. The lowest BCUT2D eigenvalue weighted by atomic mass is 10.1. The minimum atomic E-state index is -0.781. The Morgan fingerprint density at radius 2 is 2.31 bits per heavy atom. The molecule has 0 aliphatic rings. The summed E-state index contributed by atoms with van der Waals surface area (Å²) in [7, 11) is 0. The minimum absolute atomic E-state index is 0.154. The van der Waals surface area contributed by atoms with Crippen LogP contribution in [0.4, 0.5) is 0 Å². The second kappa shape index (κ2) is 6.19. The number of aliphatic carboxylic acids is 1. The standard InChI is InChI=1S/C10H18N4O2/c1-3-5-8(2)10-11-12-13-14(10)7-4-6-9(15)16/h8H,3-7H2,1-2H3,(H,15,16).